The molecule has 1 aromatic carbocycles. The van der Waals surface area contributed by atoms with Crippen LogP contribution in [0.15, 0.2) is 54.6 Å². The van der Waals surface area contributed by atoms with Crippen LogP contribution in [0, 0.1) is 0 Å². The van der Waals surface area contributed by atoms with Crippen molar-refractivity contribution in [3.8, 4) is 0 Å². The van der Waals surface area contributed by atoms with E-state index in [1.54, 1.807) is 0 Å². The summed E-state index contributed by atoms with van der Waals surface area (Å²) < 4.78 is 2.56. The van der Waals surface area contributed by atoms with Gasteiger partial charge in [0.2, 0.25) is 0 Å². The maximum absolute atomic E-state index is 4.89. The summed E-state index contributed by atoms with van der Waals surface area (Å²) in [6.45, 7) is 4.74. The molecule has 0 amide bonds. The number of halogens is 2. The van der Waals surface area contributed by atoms with Crippen molar-refractivity contribution in [3.63, 3.8) is 0 Å². The molecule has 0 unspecified atom stereocenters. The third-order valence-corrected chi connectivity index (χ3v) is 4.41. The van der Waals surface area contributed by atoms with Gasteiger partial charge in [-0.2, -0.15) is 0 Å². The van der Waals surface area contributed by atoms with Crippen LogP contribution >= 0.6 is 18.6 Å². The monoisotopic (exact) mass is 333 g/mol. The van der Waals surface area contributed by atoms with Gasteiger partial charge in [0, 0.05) is 5.69 Å². The van der Waals surface area contributed by atoms with Crippen molar-refractivity contribution in [1.82, 2.24) is 0 Å². The van der Waals surface area contributed by atoms with E-state index >= 15 is 0 Å². The second kappa shape index (κ2) is 9.00. The van der Waals surface area contributed by atoms with Crippen molar-refractivity contribution in [2.24, 2.45) is 0 Å². The number of hydrogen-bond donors (Lipinski definition) is 0. The van der Waals surface area contributed by atoms with Crippen LogP contribution in [0.4, 0.5) is 5.69 Å². The quantitative estimate of drug-likeness (QED) is 0.743. The number of hydrogen-bond acceptors (Lipinski definition) is 1. The fraction of sp³-hybridized carbons (Fsp3) is 0.231. The van der Waals surface area contributed by atoms with Crippen molar-refractivity contribution in [3.05, 3.63) is 54.6 Å². The first-order valence-corrected chi connectivity index (χ1v) is 13.0. The molecule has 1 nitrogen and oxygen atoms in total. The third kappa shape index (κ3) is 4.94. The van der Waals surface area contributed by atoms with Crippen LogP contribution in [0.2, 0.25) is 13.1 Å². The fourth-order valence-electron chi connectivity index (χ4n) is 2.02. The van der Waals surface area contributed by atoms with E-state index in [-0.39, 0.29) is 0 Å². The van der Waals surface area contributed by atoms with Gasteiger partial charge in [0.1, 0.15) is 8.96 Å². The van der Waals surface area contributed by atoms with Crippen LogP contribution in [-0.2, 0) is 17.0 Å². The first-order chi connectivity index (χ1) is 8.70. The third-order valence-electron chi connectivity index (χ3n) is 2.66. The Bertz CT molecular complexity index is 383. The zero-order chi connectivity index (χ0) is 13.4. The van der Waals surface area contributed by atoms with Crippen LogP contribution in [0.25, 0.3) is 0 Å². The normalized spacial score (nSPS) is 13.4. The molecule has 0 spiro atoms. The Morgan fingerprint density at radius 3 is 2.00 bits per heavy atom. The molecule has 0 N–H and O–H groups in total. The molecular formula is C13H17Cl2NSiTi. The van der Waals surface area contributed by atoms with Gasteiger partial charge in [0.15, 0.2) is 0 Å². The fourth-order valence-corrected chi connectivity index (χ4v) is 3.68. The molecule has 0 saturated carbocycles. The van der Waals surface area contributed by atoms with Crippen LogP contribution in [-0.4, -0.2) is 15.0 Å². The summed E-state index contributed by atoms with van der Waals surface area (Å²) in [6, 6.07) is 11.2. The van der Waals surface area contributed by atoms with Crippen molar-refractivity contribution in [1.29, 1.82) is 0 Å². The zero-order valence-corrected chi connectivity index (χ0v) is 14.8. The first-order valence-electron chi connectivity index (χ1n) is 5.85. The number of rotatable bonds is 3. The standard InChI is InChI=1S/C13H17NSi.2ClH.Ti/c1-15(2)14(13-10-6-7-11-13)12-8-4-3-5-9-12;;;/h3-11,13,15H,1-2H3;2*1H;/q;;;+2/p-2. The second-order valence-electron chi connectivity index (χ2n) is 4.17. The van der Waals surface area contributed by atoms with Gasteiger partial charge >= 0.3 is 35.6 Å². The Kier molecular flexibility index (Phi) is 8.03. The van der Waals surface area contributed by atoms with Gasteiger partial charge in [-0.15, -0.1) is 0 Å². The predicted molar refractivity (Wildman–Crippen MR) is 81.6 cm³/mol. The van der Waals surface area contributed by atoms with Crippen LogP contribution in [0.5, 0.6) is 0 Å². The Hall–Kier alpha value is 0.0112. The summed E-state index contributed by atoms with van der Waals surface area (Å²) in [5.41, 5.74) is 1.35. The van der Waals surface area contributed by atoms with Gasteiger partial charge in [-0.1, -0.05) is 55.6 Å². The van der Waals surface area contributed by atoms with Crippen molar-refractivity contribution in [2.45, 2.75) is 19.1 Å². The van der Waals surface area contributed by atoms with E-state index in [1.807, 2.05) is 0 Å². The van der Waals surface area contributed by atoms with Gasteiger partial charge in [0.05, 0.1) is 6.04 Å². The molecule has 0 fully saturated rings. The van der Waals surface area contributed by atoms with Crippen molar-refractivity contribution in [2.75, 3.05) is 4.57 Å². The molecule has 18 heavy (non-hydrogen) atoms. The number of benzene rings is 1. The molecule has 1 aromatic rings. The number of anilines is 1. The average molecular weight is 334 g/mol. The molecule has 96 valence electrons. The predicted octanol–water partition coefficient (Wildman–Crippen LogP) is 4.35. The van der Waals surface area contributed by atoms with Gasteiger partial charge < -0.3 is 4.57 Å². The van der Waals surface area contributed by atoms with Crippen LogP contribution in [0.1, 0.15) is 0 Å². The van der Waals surface area contributed by atoms with Gasteiger partial charge in [-0.25, -0.2) is 0 Å². The summed E-state index contributed by atoms with van der Waals surface area (Å²) >= 11 is -0.556. The number of para-hydroxylation sites is 1. The van der Waals surface area contributed by atoms with E-state index in [0.717, 1.165) is 0 Å². The molecule has 2 rings (SSSR count). The van der Waals surface area contributed by atoms with E-state index in [0.29, 0.717) is 6.04 Å². The minimum absolute atomic E-state index is 0.471. The van der Waals surface area contributed by atoms with E-state index in [1.165, 1.54) is 5.69 Å². The summed E-state index contributed by atoms with van der Waals surface area (Å²) in [6.07, 6.45) is 8.80. The molecule has 5 heteroatoms. The Balaban J connectivity index is 0.000000492. The first kappa shape index (κ1) is 16.1. The molecule has 0 radical (unpaired) electrons. The molecule has 0 aliphatic heterocycles. The number of nitrogens with zero attached hydrogens (tertiary/aromatic N) is 1. The van der Waals surface area contributed by atoms with E-state index in [9.17, 15) is 0 Å². The molecule has 0 bridgehead atoms. The van der Waals surface area contributed by atoms with Crippen LogP contribution < -0.4 is 4.57 Å². The van der Waals surface area contributed by atoms with Crippen LogP contribution in [0.3, 0.4) is 0 Å². The SMILES string of the molecule is C[SiH](C)N(c1ccccc1)C1C=CC=C1.[Cl][Ti][Cl]. The molecule has 0 saturated heterocycles. The Morgan fingerprint density at radius 2 is 1.56 bits per heavy atom. The maximum atomic E-state index is 4.89. The van der Waals surface area contributed by atoms with E-state index < -0.39 is 26.0 Å². The Labute approximate surface area is 128 Å². The minimum atomic E-state index is -0.834. The molecular weight excluding hydrogens is 317 g/mol. The van der Waals surface area contributed by atoms with Gasteiger partial charge in [-0.05, 0) is 12.1 Å². The number of allylic oxidation sites excluding steroid dienone is 2. The van der Waals surface area contributed by atoms with E-state index in [4.69, 9.17) is 18.6 Å². The zero-order valence-electron chi connectivity index (χ0n) is 10.6. The van der Waals surface area contributed by atoms with Crippen molar-refractivity contribution >= 4 is 33.3 Å². The molecule has 0 aromatic heterocycles. The summed E-state index contributed by atoms with van der Waals surface area (Å²) in [5.74, 6) is 0. The average Bonchev–Trinajstić information content (AvgIpc) is 2.85. The molecule has 1 aliphatic rings. The molecule has 0 heterocycles. The summed E-state index contributed by atoms with van der Waals surface area (Å²) in [5, 5.41) is 0. The van der Waals surface area contributed by atoms with E-state index in [2.05, 4.69) is 72.3 Å². The Morgan fingerprint density at radius 1 is 1.06 bits per heavy atom. The summed E-state index contributed by atoms with van der Waals surface area (Å²) in [7, 11) is 8.94. The molecule has 1 aliphatic carbocycles. The molecule has 0 atom stereocenters. The van der Waals surface area contributed by atoms with Gasteiger partial charge in [-0.3, -0.25) is 0 Å². The topological polar surface area (TPSA) is 3.24 Å². The van der Waals surface area contributed by atoms with Crippen molar-refractivity contribution < 1.29 is 17.0 Å². The summed E-state index contributed by atoms with van der Waals surface area (Å²) in [4.78, 5) is 0. The van der Waals surface area contributed by atoms with Gasteiger partial charge in [0.25, 0.3) is 0 Å². The second-order valence-corrected chi connectivity index (χ2v) is 9.49.